The van der Waals surface area contributed by atoms with Gasteiger partial charge in [-0.1, -0.05) is 101 Å². The Hall–Kier alpha value is -4.12. The van der Waals surface area contributed by atoms with E-state index in [-0.39, 0.29) is 18.5 Å². The van der Waals surface area contributed by atoms with Gasteiger partial charge in [0, 0.05) is 31.2 Å². The van der Waals surface area contributed by atoms with Crippen LogP contribution in [0.25, 0.3) is 0 Å². The average Bonchev–Trinajstić information content (AvgIpc) is 3.45. The van der Waals surface area contributed by atoms with E-state index in [1.54, 1.807) is 81.5 Å². The Bertz CT molecular complexity index is 1690. The molecule has 2 amide bonds. The Morgan fingerprint density at radius 3 is 2.30 bits per heavy atom. The van der Waals surface area contributed by atoms with Gasteiger partial charge in [0.05, 0.1) is 30.3 Å². The minimum Gasteiger partial charge on any atom is -0.390 e. The summed E-state index contributed by atoms with van der Waals surface area (Å²) in [7, 11) is 1.52. The molecule has 14 heteroatoms. The predicted octanol–water partition coefficient (Wildman–Crippen LogP) is 2.20. The SMILES string of the molecule is C/C=C/C=C/[C@@H]1O[C@](O)([C@H](CC)C(=O)NC/C=C\C=C(/C)[C@@H](OC)[C@@H](C)[C@@H]2O[C@H](\C=C/C=C/C=C(\C)C(=O)C3C(=O)C=CNC3=O)[C@H](O)[C@@H]2O)[C@H](O)[C@H](O)C1(C)C. The Morgan fingerprint density at radius 2 is 1.67 bits per heavy atom. The second kappa shape index (κ2) is 21.0. The molecule has 314 valence electrons. The van der Waals surface area contributed by atoms with Crippen LogP contribution in [0.2, 0.25) is 0 Å². The van der Waals surface area contributed by atoms with Crippen LogP contribution in [0.4, 0.5) is 0 Å². The first kappa shape index (κ1) is 47.3. The summed E-state index contributed by atoms with van der Waals surface area (Å²) in [6, 6.07) is 0. The van der Waals surface area contributed by atoms with Crippen LogP contribution in [-0.4, -0.2) is 117 Å². The summed E-state index contributed by atoms with van der Waals surface area (Å²) >= 11 is 0. The lowest BCUT2D eigenvalue weighted by Crippen LogP contribution is -2.69. The first-order chi connectivity index (χ1) is 26.9. The molecular formula is C43H60N2O12. The number of methoxy groups -OCH3 is 1. The summed E-state index contributed by atoms with van der Waals surface area (Å²) in [5.74, 6) is -7.79. The van der Waals surface area contributed by atoms with Gasteiger partial charge in [-0.2, -0.15) is 0 Å². The summed E-state index contributed by atoms with van der Waals surface area (Å²) < 4.78 is 17.8. The standard InChI is InChI=1S/C43H60N2O12/c1-9-11-13-21-31-42(6,7)38(50)39(51)43(54,57-31)28(10-2)40(52)44-23-17-16-19-26(4)36(55-8)27(5)37-35(49)34(48)30(56-37)20-15-12-14-18-25(3)33(47)32-29(46)22-24-45-41(32)53/h9,11-22,24,27-28,30-32,34-39,48-51,54H,10,23H2,1-8H3,(H,44,52)(H,45,53)/b11-9+,14-12+,17-16-,20-15-,21-13+,25-18+,26-19+/t27-,28-,30-,31+,32?,34+,35+,36-,37+,38+,39-,43-/m1/s1. The molecule has 1 unspecified atom stereocenters. The van der Waals surface area contributed by atoms with Gasteiger partial charge < -0.3 is 50.4 Å². The summed E-state index contributed by atoms with van der Waals surface area (Å²) in [4.78, 5) is 49.9. The number of nitrogens with one attached hydrogen (secondary N) is 2. The number of hydrogen-bond acceptors (Lipinski definition) is 12. The van der Waals surface area contributed by atoms with E-state index < -0.39 is 101 Å². The summed E-state index contributed by atoms with van der Waals surface area (Å²) in [6.45, 7) is 12.2. The molecule has 57 heavy (non-hydrogen) atoms. The number of amides is 2. The second-order valence-corrected chi connectivity index (χ2v) is 15.2. The van der Waals surface area contributed by atoms with Gasteiger partial charge in [-0.3, -0.25) is 19.2 Å². The van der Waals surface area contributed by atoms with Gasteiger partial charge in [0.1, 0.15) is 24.4 Å². The van der Waals surface area contributed by atoms with Crippen LogP contribution in [0.1, 0.15) is 54.9 Å². The van der Waals surface area contributed by atoms with Gasteiger partial charge in [-0.15, -0.1) is 0 Å². The largest absolute Gasteiger partial charge is 0.390 e. The molecular weight excluding hydrogens is 736 g/mol. The van der Waals surface area contributed by atoms with Crippen LogP contribution < -0.4 is 10.6 Å². The van der Waals surface area contributed by atoms with Crippen LogP contribution in [0.15, 0.2) is 96.3 Å². The lowest BCUT2D eigenvalue weighted by atomic mass is 9.71. The van der Waals surface area contributed by atoms with Crippen LogP contribution in [-0.2, 0) is 33.4 Å². The fraction of sp³-hybridized carbons (Fsp3) is 0.535. The Morgan fingerprint density at radius 1 is 0.982 bits per heavy atom. The lowest BCUT2D eigenvalue weighted by molar-refractivity contribution is -0.359. The molecule has 3 rings (SSSR count). The molecule has 3 heterocycles. The van der Waals surface area contributed by atoms with Gasteiger partial charge in [0.15, 0.2) is 17.5 Å². The molecule has 3 aliphatic rings. The molecule has 2 saturated heterocycles. The van der Waals surface area contributed by atoms with E-state index in [2.05, 4.69) is 10.6 Å². The molecule has 0 aromatic carbocycles. The van der Waals surface area contributed by atoms with E-state index in [1.807, 2.05) is 26.8 Å². The van der Waals surface area contributed by atoms with Crippen molar-refractivity contribution in [3.05, 3.63) is 96.3 Å². The quantitative estimate of drug-likeness (QED) is 0.0640. The second-order valence-electron chi connectivity index (χ2n) is 15.2. The summed E-state index contributed by atoms with van der Waals surface area (Å²) in [6.07, 6.45) is 13.9. The third-order valence-corrected chi connectivity index (χ3v) is 10.8. The van der Waals surface area contributed by atoms with Crippen molar-refractivity contribution in [1.29, 1.82) is 0 Å². The van der Waals surface area contributed by atoms with E-state index in [9.17, 15) is 44.7 Å². The fourth-order valence-corrected chi connectivity index (χ4v) is 7.23. The Kier molecular flexibility index (Phi) is 17.5. The highest BCUT2D eigenvalue weighted by atomic mass is 16.7. The maximum Gasteiger partial charge on any atom is 0.242 e. The molecule has 0 spiro atoms. The number of aliphatic hydroxyl groups is 5. The number of allylic oxidation sites excluding steroid dienone is 11. The van der Waals surface area contributed by atoms with Gasteiger partial charge in [-0.25, -0.2) is 0 Å². The van der Waals surface area contributed by atoms with Crippen molar-refractivity contribution in [2.24, 2.45) is 23.2 Å². The molecule has 0 bridgehead atoms. The van der Waals surface area contributed by atoms with E-state index in [0.717, 1.165) is 11.6 Å². The first-order valence-corrected chi connectivity index (χ1v) is 19.2. The zero-order valence-corrected chi connectivity index (χ0v) is 33.9. The molecule has 2 fully saturated rings. The molecule has 0 saturated carbocycles. The topological polar surface area (TPSA) is 221 Å². The number of ketones is 2. The Balaban J connectivity index is 1.59. The Labute approximate surface area is 335 Å². The van der Waals surface area contributed by atoms with Crippen molar-refractivity contribution in [3.63, 3.8) is 0 Å². The van der Waals surface area contributed by atoms with Gasteiger partial charge in [0.25, 0.3) is 0 Å². The molecule has 3 aliphatic heterocycles. The minimum atomic E-state index is -2.34. The van der Waals surface area contributed by atoms with Gasteiger partial charge in [0.2, 0.25) is 17.6 Å². The summed E-state index contributed by atoms with van der Waals surface area (Å²) in [5, 5.41) is 60.2. The van der Waals surface area contributed by atoms with E-state index in [4.69, 9.17) is 14.2 Å². The minimum absolute atomic E-state index is 0.0802. The molecule has 12 atom stereocenters. The highest BCUT2D eigenvalue weighted by molar-refractivity contribution is 6.27. The van der Waals surface area contributed by atoms with Crippen LogP contribution >= 0.6 is 0 Å². The number of rotatable bonds is 17. The molecule has 14 nitrogen and oxygen atoms in total. The van der Waals surface area contributed by atoms with Crippen molar-refractivity contribution < 1.29 is 58.9 Å². The van der Waals surface area contributed by atoms with E-state index in [1.165, 1.54) is 26.3 Å². The average molecular weight is 797 g/mol. The number of hydrogen-bond donors (Lipinski definition) is 7. The van der Waals surface area contributed by atoms with Gasteiger partial charge >= 0.3 is 0 Å². The third-order valence-electron chi connectivity index (χ3n) is 10.8. The van der Waals surface area contributed by atoms with E-state index in [0.29, 0.717) is 0 Å². The number of Topliss-reactive ketones (excluding diaryl/α,β-unsaturated/α-hetero) is 1. The molecule has 0 aliphatic carbocycles. The smallest absolute Gasteiger partial charge is 0.242 e. The van der Waals surface area contributed by atoms with Crippen molar-refractivity contribution in [2.75, 3.05) is 13.7 Å². The van der Waals surface area contributed by atoms with Crippen LogP contribution in [0, 0.1) is 23.2 Å². The first-order valence-electron chi connectivity index (χ1n) is 19.2. The van der Waals surface area contributed by atoms with Gasteiger partial charge in [-0.05, 0) is 44.4 Å². The van der Waals surface area contributed by atoms with Crippen LogP contribution in [0.5, 0.6) is 0 Å². The van der Waals surface area contributed by atoms with Crippen molar-refractivity contribution >= 4 is 23.4 Å². The summed E-state index contributed by atoms with van der Waals surface area (Å²) in [5.41, 5.74) is 0.0278. The third kappa shape index (κ3) is 11.1. The zero-order valence-electron chi connectivity index (χ0n) is 33.9. The van der Waals surface area contributed by atoms with Crippen molar-refractivity contribution in [3.8, 4) is 0 Å². The lowest BCUT2D eigenvalue weighted by Gasteiger charge is -2.53. The highest BCUT2D eigenvalue weighted by Gasteiger charge is 2.60. The highest BCUT2D eigenvalue weighted by Crippen LogP contribution is 2.44. The van der Waals surface area contributed by atoms with Crippen LogP contribution in [0.3, 0.4) is 0 Å². The molecule has 7 N–H and O–H groups in total. The molecule has 0 aromatic rings. The van der Waals surface area contributed by atoms with Crippen molar-refractivity contribution in [2.45, 2.75) is 110 Å². The predicted molar refractivity (Wildman–Crippen MR) is 213 cm³/mol. The fourth-order valence-electron chi connectivity index (χ4n) is 7.23. The maximum absolute atomic E-state index is 13.3. The van der Waals surface area contributed by atoms with Crippen molar-refractivity contribution in [1.82, 2.24) is 10.6 Å². The maximum atomic E-state index is 13.3. The normalized spacial score (nSPS) is 32.9. The number of aliphatic hydroxyl groups excluding tert-OH is 4. The number of carbonyl (C=O) groups is 4. The monoisotopic (exact) mass is 796 g/mol. The molecule has 0 aromatic heterocycles. The molecule has 0 radical (unpaired) electrons. The van der Waals surface area contributed by atoms with E-state index >= 15 is 0 Å². The number of carbonyl (C=O) groups excluding carboxylic acids is 4. The zero-order chi connectivity index (χ0) is 42.7. The number of ether oxygens (including phenoxy) is 3.